The van der Waals surface area contributed by atoms with Crippen LogP contribution < -0.4 is 11.1 Å². The van der Waals surface area contributed by atoms with Crippen LogP contribution in [0, 0.1) is 12.7 Å². The van der Waals surface area contributed by atoms with Gasteiger partial charge in [-0.2, -0.15) is 11.8 Å². The van der Waals surface area contributed by atoms with E-state index in [4.69, 9.17) is 5.73 Å². The lowest BCUT2D eigenvalue weighted by Gasteiger charge is -2.27. The molecule has 92 valence electrons. The standard InChI is InChI=1S/C12H15FN2OS/c1-8-4-9(13)6-10(5-8)15-12(11(14)16)2-3-17-7-12/h4-6,15H,2-3,7H2,1H3,(H2,14,16). The SMILES string of the molecule is Cc1cc(F)cc(NC2(C(N)=O)CCSC2)c1. The van der Waals surface area contributed by atoms with Crippen LogP contribution in [0.15, 0.2) is 18.2 Å². The Hall–Kier alpha value is -1.23. The first-order valence-electron chi connectivity index (χ1n) is 5.45. The van der Waals surface area contributed by atoms with E-state index in [-0.39, 0.29) is 11.7 Å². The number of rotatable bonds is 3. The highest BCUT2D eigenvalue weighted by Crippen LogP contribution is 2.31. The number of anilines is 1. The summed E-state index contributed by atoms with van der Waals surface area (Å²) in [7, 11) is 0. The Morgan fingerprint density at radius 2 is 2.29 bits per heavy atom. The van der Waals surface area contributed by atoms with Gasteiger partial charge in [0, 0.05) is 11.4 Å². The van der Waals surface area contributed by atoms with Crippen molar-refractivity contribution in [2.45, 2.75) is 18.9 Å². The number of carbonyl (C=O) groups is 1. The summed E-state index contributed by atoms with van der Waals surface area (Å²) in [4.78, 5) is 11.6. The topological polar surface area (TPSA) is 55.1 Å². The Morgan fingerprint density at radius 1 is 1.53 bits per heavy atom. The van der Waals surface area contributed by atoms with E-state index in [0.29, 0.717) is 17.9 Å². The van der Waals surface area contributed by atoms with E-state index in [0.717, 1.165) is 11.3 Å². The van der Waals surface area contributed by atoms with Gasteiger partial charge in [-0.1, -0.05) is 0 Å². The maximum Gasteiger partial charge on any atom is 0.243 e. The lowest BCUT2D eigenvalue weighted by molar-refractivity contribution is -0.121. The van der Waals surface area contributed by atoms with Crippen LogP contribution in [0.2, 0.25) is 0 Å². The van der Waals surface area contributed by atoms with Gasteiger partial charge in [0.05, 0.1) is 0 Å². The van der Waals surface area contributed by atoms with E-state index in [1.54, 1.807) is 11.8 Å². The Labute approximate surface area is 104 Å². The fourth-order valence-corrected chi connectivity index (χ4v) is 3.35. The minimum Gasteiger partial charge on any atom is -0.370 e. The first kappa shape index (κ1) is 12.2. The number of thioether (sulfide) groups is 1. The van der Waals surface area contributed by atoms with Crippen molar-refractivity contribution in [3.05, 3.63) is 29.6 Å². The van der Waals surface area contributed by atoms with Gasteiger partial charge in [0.1, 0.15) is 11.4 Å². The molecule has 1 aromatic carbocycles. The third-order valence-corrected chi connectivity index (χ3v) is 4.11. The molecule has 1 atom stereocenters. The van der Waals surface area contributed by atoms with Crippen LogP contribution in [0.4, 0.5) is 10.1 Å². The molecule has 1 heterocycles. The number of amides is 1. The lowest BCUT2D eigenvalue weighted by atomic mass is 9.97. The Morgan fingerprint density at radius 3 is 2.82 bits per heavy atom. The zero-order chi connectivity index (χ0) is 12.5. The van der Waals surface area contributed by atoms with E-state index in [9.17, 15) is 9.18 Å². The fraction of sp³-hybridized carbons (Fsp3) is 0.417. The molecule has 3 nitrogen and oxygen atoms in total. The minimum atomic E-state index is -0.731. The molecule has 17 heavy (non-hydrogen) atoms. The first-order valence-corrected chi connectivity index (χ1v) is 6.60. The van der Waals surface area contributed by atoms with Crippen LogP contribution in [0.1, 0.15) is 12.0 Å². The number of nitrogens with one attached hydrogen (secondary N) is 1. The summed E-state index contributed by atoms with van der Waals surface area (Å²) in [5, 5.41) is 3.10. The quantitative estimate of drug-likeness (QED) is 0.866. The number of hydrogen-bond acceptors (Lipinski definition) is 3. The van der Waals surface area contributed by atoms with Crippen LogP contribution in [0.3, 0.4) is 0 Å². The normalized spacial score (nSPS) is 23.6. The molecule has 0 saturated carbocycles. The molecule has 1 saturated heterocycles. The zero-order valence-electron chi connectivity index (χ0n) is 9.63. The van der Waals surface area contributed by atoms with Crippen molar-refractivity contribution in [3.8, 4) is 0 Å². The van der Waals surface area contributed by atoms with Crippen LogP contribution in [-0.4, -0.2) is 23.0 Å². The van der Waals surface area contributed by atoms with E-state index >= 15 is 0 Å². The van der Waals surface area contributed by atoms with Crippen LogP contribution in [0.25, 0.3) is 0 Å². The van der Waals surface area contributed by atoms with Crippen molar-refractivity contribution < 1.29 is 9.18 Å². The number of nitrogens with two attached hydrogens (primary N) is 1. The zero-order valence-corrected chi connectivity index (χ0v) is 10.4. The molecular weight excluding hydrogens is 239 g/mol. The second kappa shape index (κ2) is 4.56. The average molecular weight is 254 g/mol. The molecule has 0 aliphatic carbocycles. The Bertz CT molecular complexity index is 424. The molecule has 0 spiro atoms. The molecular formula is C12H15FN2OS. The van der Waals surface area contributed by atoms with Crippen molar-refractivity contribution in [2.24, 2.45) is 5.73 Å². The summed E-state index contributed by atoms with van der Waals surface area (Å²) in [6.45, 7) is 1.81. The van der Waals surface area contributed by atoms with Crippen molar-refractivity contribution in [2.75, 3.05) is 16.8 Å². The van der Waals surface area contributed by atoms with E-state index in [2.05, 4.69) is 5.32 Å². The minimum absolute atomic E-state index is 0.308. The summed E-state index contributed by atoms with van der Waals surface area (Å²) in [5.41, 5.74) is 6.15. The maximum atomic E-state index is 13.3. The van der Waals surface area contributed by atoms with E-state index in [1.807, 2.05) is 13.0 Å². The molecule has 1 unspecified atom stereocenters. The third-order valence-electron chi connectivity index (χ3n) is 2.92. The van der Waals surface area contributed by atoms with Crippen LogP contribution in [-0.2, 0) is 4.79 Å². The van der Waals surface area contributed by atoms with Crippen LogP contribution in [0.5, 0.6) is 0 Å². The molecule has 2 rings (SSSR count). The predicted octanol–water partition coefficient (Wildman–Crippen LogP) is 1.91. The average Bonchev–Trinajstić information content (AvgIpc) is 2.65. The maximum absolute atomic E-state index is 13.3. The van der Waals surface area contributed by atoms with Gasteiger partial charge in [0.2, 0.25) is 5.91 Å². The molecule has 0 bridgehead atoms. The number of halogens is 1. The van der Waals surface area contributed by atoms with Gasteiger partial charge in [-0.15, -0.1) is 0 Å². The molecule has 1 amide bonds. The van der Waals surface area contributed by atoms with Gasteiger partial charge in [-0.05, 0) is 42.9 Å². The number of benzene rings is 1. The molecule has 1 aliphatic heterocycles. The smallest absolute Gasteiger partial charge is 0.243 e. The number of hydrogen-bond donors (Lipinski definition) is 2. The van der Waals surface area contributed by atoms with Gasteiger partial charge in [-0.3, -0.25) is 4.79 Å². The molecule has 1 aliphatic rings. The highest BCUT2D eigenvalue weighted by molar-refractivity contribution is 7.99. The fourth-order valence-electron chi connectivity index (χ4n) is 2.00. The molecule has 0 radical (unpaired) electrons. The summed E-state index contributed by atoms with van der Waals surface area (Å²) < 4.78 is 13.3. The van der Waals surface area contributed by atoms with Gasteiger partial charge < -0.3 is 11.1 Å². The summed E-state index contributed by atoms with van der Waals surface area (Å²) >= 11 is 1.68. The van der Waals surface area contributed by atoms with Crippen molar-refractivity contribution in [1.82, 2.24) is 0 Å². The summed E-state index contributed by atoms with van der Waals surface area (Å²) in [5.74, 6) is 0.851. The van der Waals surface area contributed by atoms with Gasteiger partial charge in [0.15, 0.2) is 0 Å². The van der Waals surface area contributed by atoms with Gasteiger partial charge >= 0.3 is 0 Å². The number of primary amides is 1. The Balaban J connectivity index is 2.26. The molecule has 3 N–H and O–H groups in total. The monoisotopic (exact) mass is 254 g/mol. The van der Waals surface area contributed by atoms with Gasteiger partial charge in [-0.25, -0.2) is 4.39 Å². The molecule has 1 aromatic rings. The summed E-state index contributed by atoms with van der Waals surface area (Å²) in [6.07, 6.45) is 0.683. The van der Waals surface area contributed by atoms with E-state index in [1.165, 1.54) is 12.1 Å². The predicted molar refractivity (Wildman–Crippen MR) is 68.6 cm³/mol. The molecule has 0 aromatic heterocycles. The molecule has 1 fully saturated rings. The van der Waals surface area contributed by atoms with Crippen LogP contribution >= 0.6 is 11.8 Å². The highest BCUT2D eigenvalue weighted by Gasteiger charge is 2.40. The van der Waals surface area contributed by atoms with Crippen molar-refractivity contribution in [1.29, 1.82) is 0 Å². The third kappa shape index (κ3) is 2.54. The second-order valence-electron chi connectivity index (χ2n) is 4.39. The van der Waals surface area contributed by atoms with Crippen molar-refractivity contribution >= 4 is 23.4 Å². The second-order valence-corrected chi connectivity index (χ2v) is 5.50. The first-order chi connectivity index (χ1) is 8.02. The number of aryl methyl sites for hydroxylation is 1. The lowest BCUT2D eigenvalue weighted by Crippen LogP contribution is -2.50. The highest BCUT2D eigenvalue weighted by atomic mass is 32.2. The Kier molecular flexibility index (Phi) is 3.28. The number of carbonyl (C=O) groups excluding carboxylic acids is 1. The summed E-state index contributed by atoms with van der Waals surface area (Å²) in [6, 6.07) is 4.66. The van der Waals surface area contributed by atoms with Gasteiger partial charge in [0.25, 0.3) is 0 Å². The van der Waals surface area contributed by atoms with E-state index < -0.39 is 5.54 Å². The van der Waals surface area contributed by atoms with Crippen molar-refractivity contribution in [3.63, 3.8) is 0 Å². The largest absolute Gasteiger partial charge is 0.370 e. The molecule has 5 heteroatoms.